The van der Waals surface area contributed by atoms with Gasteiger partial charge in [0.25, 0.3) is 5.91 Å². The highest BCUT2D eigenvalue weighted by Crippen LogP contribution is 2.33. The summed E-state index contributed by atoms with van der Waals surface area (Å²) in [6.07, 6.45) is 0. The van der Waals surface area contributed by atoms with E-state index in [9.17, 15) is 14.4 Å². The van der Waals surface area contributed by atoms with Crippen molar-refractivity contribution in [2.45, 2.75) is 25.9 Å². The van der Waals surface area contributed by atoms with E-state index in [4.69, 9.17) is 0 Å². The van der Waals surface area contributed by atoms with E-state index in [-0.39, 0.29) is 12.5 Å². The summed E-state index contributed by atoms with van der Waals surface area (Å²) in [5, 5.41) is 4.68. The largest absolute Gasteiger partial charge is 0.340 e. The zero-order valence-corrected chi connectivity index (χ0v) is 17.9. The van der Waals surface area contributed by atoms with E-state index in [2.05, 4.69) is 5.32 Å². The molecule has 6 heteroatoms. The number of rotatable bonds is 5. The molecule has 0 aromatic heterocycles. The lowest BCUT2D eigenvalue weighted by Crippen LogP contribution is -2.43. The van der Waals surface area contributed by atoms with E-state index in [0.717, 1.165) is 26.8 Å². The highest BCUT2D eigenvalue weighted by Gasteiger charge is 2.50. The Hall–Kier alpha value is -3.67. The number of likely N-dealkylation sites (N-methyl/N-ethyl adjacent to an activating group) is 1. The Bertz CT molecular complexity index is 1180. The van der Waals surface area contributed by atoms with Crippen LogP contribution in [0.4, 0.5) is 4.79 Å². The number of imide groups is 1. The molecular weight excluding hydrogens is 390 g/mol. The Labute approximate surface area is 181 Å². The zero-order valence-electron chi connectivity index (χ0n) is 17.9. The minimum absolute atomic E-state index is 0.297. The average molecular weight is 415 g/mol. The first kappa shape index (κ1) is 20.6. The van der Waals surface area contributed by atoms with Crippen molar-refractivity contribution >= 4 is 28.6 Å². The number of carbonyl (C=O) groups excluding carboxylic acids is 3. The molecule has 3 aromatic carbocycles. The van der Waals surface area contributed by atoms with Crippen molar-refractivity contribution in [2.24, 2.45) is 0 Å². The summed E-state index contributed by atoms with van der Waals surface area (Å²) in [6.45, 7) is 3.79. The van der Waals surface area contributed by atoms with Crippen molar-refractivity contribution < 1.29 is 14.4 Å². The Morgan fingerprint density at radius 1 is 1.00 bits per heavy atom. The maximum absolute atomic E-state index is 13.3. The molecule has 1 unspecified atom stereocenters. The van der Waals surface area contributed by atoms with Gasteiger partial charge in [0.15, 0.2) is 0 Å². The van der Waals surface area contributed by atoms with Crippen LogP contribution in [0.1, 0.15) is 23.6 Å². The third-order valence-corrected chi connectivity index (χ3v) is 5.99. The molecule has 31 heavy (non-hydrogen) atoms. The van der Waals surface area contributed by atoms with Gasteiger partial charge >= 0.3 is 6.03 Å². The SMILES string of the molecule is Cc1ccccc1CN(C)C(=O)CN1C(=O)NC(C)(c2cccc3ccccc23)C1=O. The summed E-state index contributed by atoms with van der Waals surface area (Å²) in [7, 11) is 1.68. The number of nitrogens with zero attached hydrogens (tertiary/aromatic N) is 2. The van der Waals surface area contributed by atoms with Gasteiger partial charge in [-0.25, -0.2) is 4.79 Å². The molecule has 0 spiro atoms. The fourth-order valence-corrected chi connectivity index (χ4v) is 4.07. The second-order valence-electron chi connectivity index (χ2n) is 8.15. The monoisotopic (exact) mass is 415 g/mol. The van der Waals surface area contributed by atoms with Crippen LogP contribution in [0.5, 0.6) is 0 Å². The number of nitrogens with one attached hydrogen (secondary N) is 1. The first-order valence-electron chi connectivity index (χ1n) is 10.2. The molecule has 1 aliphatic heterocycles. The van der Waals surface area contributed by atoms with E-state index in [1.807, 2.05) is 73.7 Å². The van der Waals surface area contributed by atoms with E-state index in [1.165, 1.54) is 4.90 Å². The van der Waals surface area contributed by atoms with Crippen molar-refractivity contribution in [3.8, 4) is 0 Å². The third-order valence-electron chi connectivity index (χ3n) is 5.99. The Morgan fingerprint density at radius 2 is 1.68 bits per heavy atom. The number of carbonyl (C=O) groups is 3. The van der Waals surface area contributed by atoms with Gasteiger partial charge < -0.3 is 10.2 Å². The molecule has 1 fully saturated rings. The van der Waals surface area contributed by atoms with Gasteiger partial charge in [0.05, 0.1) is 0 Å². The summed E-state index contributed by atoms with van der Waals surface area (Å²) in [5.41, 5.74) is 1.59. The van der Waals surface area contributed by atoms with Gasteiger partial charge in [-0.15, -0.1) is 0 Å². The van der Waals surface area contributed by atoms with E-state index >= 15 is 0 Å². The van der Waals surface area contributed by atoms with Crippen LogP contribution in [0.25, 0.3) is 10.8 Å². The predicted octanol–water partition coefficient (Wildman–Crippen LogP) is 3.57. The molecule has 6 nitrogen and oxygen atoms in total. The Kier molecular flexibility index (Phi) is 5.23. The van der Waals surface area contributed by atoms with E-state index in [1.54, 1.807) is 14.0 Å². The number of aryl methyl sites for hydroxylation is 1. The van der Waals surface area contributed by atoms with Crippen LogP contribution in [0.2, 0.25) is 0 Å². The normalized spacial score (nSPS) is 18.4. The molecule has 3 aromatic rings. The summed E-state index contributed by atoms with van der Waals surface area (Å²) in [6, 6.07) is 20.7. The van der Waals surface area contributed by atoms with Crippen LogP contribution in [-0.2, 0) is 21.7 Å². The van der Waals surface area contributed by atoms with Crippen LogP contribution in [0.15, 0.2) is 66.7 Å². The Morgan fingerprint density at radius 3 is 2.45 bits per heavy atom. The minimum atomic E-state index is -1.23. The Balaban J connectivity index is 1.55. The van der Waals surface area contributed by atoms with Gasteiger partial charge in [0.2, 0.25) is 5.91 Å². The van der Waals surface area contributed by atoms with E-state index in [0.29, 0.717) is 12.1 Å². The highest BCUT2D eigenvalue weighted by atomic mass is 16.2. The van der Waals surface area contributed by atoms with Gasteiger partial charge in [-0.05, 0) is 41.3 Å². The molecule has 0 bridgehead atoms. The molecule has 1 saturated heterocycles. The molecule has 1 atom stereocenters. The quantitative estimate of drug-likeness (QED) is 0.648. The molecular formula is C25H25N3O3. The predicted molar refractivity (Wildman–Crippen MR) is 119 cm³/mol. The van der Waals surface area contributed by atoms with Crippen LogP contribution >= 0.6 is 0 Å². The molecule has 158 valence electrons. The maximum atomic E-state index is 13.3. The first-order chi connectivity index (χ1) is 14.8. The third kappa shape index (κ3) is 3.65. The minimum Gasteiger partial charge on any atom is -0.340 e. The lowest BCUT2D eigenvalue weighted by molar-refractivity contribution is -0.138. The number of benzene rings is 3. The van der Waals surface area contributed by atoms with Gasteiger partial charge in [-0.1, -0.05) is 66.7 Å². The molecule has 0 aliphatic carbocycles. The second kappa shape index (κ2) is 7.87. The summed E-state index contributed by atoms with van der Waals surface area (Å²) in [4.78, 5) is 41.4. The van der Waals surface area contributed by atoms with Crippen molar-refractivity contribution in [2.75, 3.05) is 13.6 Å². The van der Waals surface area contributed by atoms with Crippen molar-refractivity contribution in [3.63, 3.8) is 0 Å². The van der Waals surface area contributed by atoms with Crippen LogP contribution < -0.4 is 5.32 Å². The lowest BCUT2D eigenvalue weighted by atomic mass is 9.88. The number of hydrogen-bond acceptors (Lipinski definition) is 3. The fraction of sp³-hybridized carbons (Fsp3) is 0.240. The topological polar surface area (TPSA) is 69.7 Å². The molecule has 4 amide bonds. The number of hydrogen-bond donors (Lipinski definition) is 1. The summed E-state index contributed by atoms with van der Waals surface area (Å²) in [5.74, 6) is -0.722. The van der Waals surface area contributed by atoms with Crippen LogP contribution in [0.3, 0.4) is 0 Å². The van der Waals surface area contributed by atoms with Crippen molar-refractivity contribution in [1.82, 2.24) is 15.1 Å². The molecule has 0 saturated carbocycles. The molecule has 1 aliphatic rings. The highest BCUT2D eigenvalue weighted by molar-refractivity contribution is 6.10. The van der Waals surface area contributed by atoms with Crippen LogP contribution in [0, 0.1) is 6.92 Å². The fourth-order valence-electron chi connectivity index (χ4n) is 4.07. The molecule has 4 rings (SSSR count). The summed E-state index contributed by atoms with van der Waals surface area (Å²) >= 11 is 0. The number of urea groups is 1. The lowest BCUT2D eigenvalue weighted by Gasteiger charge is -2.25. The van der Waals surface area contributed by atoms with Gasteiger partial charge in [-0.2, -0.15) is 0 Å². The van der Waals surface area contributed by atoms with Crippen LogP contribution in [-0.4, -0.2) is 41.2 Å². The van der Waals surface area contributed by atoms with Gasteiger partial charge in [0, 0.05) is 13.6 Å². The van der Waals surface area contributed by atoms with E-state index < -0.39 is 17.5 Å². The standard InChI is InChI=1S/C25H25N3O3/c1-17-9-4-5-11-19(17)15-27(3)22(29)16-28-23(30)25(2,26-24(28)31)21-14-8-12-18-10-6-7-13-20(18)21/h4-14H,15-16H2,1-3H3,(H,26,31). The van der Waals surface area contributed by atoms with Crippen molar-refractivity contribution in [1.29, 1.82) is 0 Å². The first-order valence-corrected chi connectivity index (χ1v) is 10.2. The van der Waals surface area contributed by atoms with Gasteiger partial charge in [0.1, 0.15) is 12.1 Å². The smallest absolute Gasteiger partial charge is 0.325 e. The molecule has 1 heterocycles. The maximum Gasteiger partial charge on any atom is 0.325 e. The number of amides is 4. The molecule has 0 radical (unpaired) electrons. The second-order valence-corrected chi connectivity index (χ2v) is 8.15. The molecule has 1 N–H and O–H groups in total. The zero-order chi connectivity index (χ0) is 22.2. The van der Waals surface area contributed by atoms with Crippen molar-refractivity contribution in [3.05, 3.63) is 83.4 Å². The average Bonchev–Trinajstić information content (AvgIpc) is 2.98. The summed E-state index contributed by atoms with van der Waals surface area (Å²) < 4.78 is 0. The number of fused-ring (bicyclic) bond motifs is 1. The van der Waals surface area contributed by atoms with Gasteiger partial charge in [-0.3, -0.25) is 14.5 Å².